The van der Waals surface area contributed by atoms with Crippen molar-refractivity contribution >= 4 is 0 Å². The lowest BCUT2D eigenvalue weighted by Gasteiger charge is -2.10. The molecule has 90 valence electrons. The van der Waals surface area contributed by atoms with Crippen molar-refractivity contribution in [2.24, 2.45) is 0 Å². The molecule has 1 aromatic rings. The zero-order valence-electron chi connectivity index (χ0n) is 9.78. The Balaban J connectivity index is 1.43. The number of nitrogens with one attached hydrogen (secondary N) is 1. The van der Waals surface area contributed by atoms with Crippen LogP contribution < -0.4 is 5.32 Å². The fraction of sp³-hybridized carbons (Fsp3) is 0.692. The van der Waals surface area contributed by atoms with Gasteiger partial charge in [0.2, 0.25) is 0 Å². The van der Waals surface area contributed by atoms with Gasteiger partial charge in [0.05, 0.1) is 18.9 Å². The second kappa shape index (κ2) is 6.71. The van der Waals surface area contributed by atoms with Crippen molar-refractivity contribution in [3.63, 3.8) is 0 Å². The van der Waals surface area contributed by atoms with E-state index in [1.165, 1.54) is 25.7 Å². The van der Waals surface area contributed by atoms with Crippen LogP contribution in [0.4, 0.5) is 0 Å². The van der Waals surface area contributed by atoms with Gasteiger partial charge in [0.15, 0.2) is 0 Å². The van der Waals surface area contributed by atoms with E-state index in [9.17, 15) is 0 Å². The van der Waals surface area contributed by atoms with Crippen LogP contribution in [0.1, 0.15) is 37.9 Å². The van der Waals surface area contributed by atoms with Gasteiger partial charge in [-0.3, -0.25) is 0 Å². The average Bonchev–Trinajstić information content (AvgIpc) is 2.96. The van der Waals surface area contributed by atoms with E-state index in [0.717, 1.165) is 31.9 Å². The largest absolute Gasteiger partial charge is 0.468 e. The summed E-state index contributed by atoms with van der Waals surface area (Å²) in [4.78, 5) is 0. The standard InChI is InChI=1S/C13H21NO2/c1-2-6-12(5-1)15-10-4-8-14-11-13-7-3-9-16-13/h3,7,9,12,14H,1-2,4-6,8,10-11H2. The second-order valence-corrected chi connectivity index (χ2v) is 4.39. The maximum Gasteiger partial charge on any atom is 0.117 e. The van der Waals surface area contributed by atoms with Crippen molar-refractivity contribution in [1.29, 1.82) is 0 Å². The van der Waals surface area contributed by atoms with Crippen LogP contribution >= 0.6 is 0 Å². The van der Waals surface area contributed by atoms with E-state index in [-0.39, 0.29) is 0 Å². The second-order valence-electron chi connectivity index (χ2n) is 4.39. The molecule has 0 bridgehead atoms. The van der Waals surface area contributed by atoms with Crippen LogP contribution in [0.25, 0.3) is 0 Å². The molecular formula is C13H21NO2. The SMILES string of the molecule is c1coc(CNCCCOC2CCCC2)c1. The zero-order chi connectivity index (χ0) is 11.1. The summed E-state index contributed by atoms with van der Waals surface area (Å²) in [5, 5.41) is 3.34. The molecule has 2 rings (SSSR count). The highest BCUT2D eigenvalue weighted by Gasteiger charge is 2.14. The Bertz CT molecular complexity index is 265. The zero-order valence-corrected chi connectivity index (χ0v) is 9.78. The minimum Gasteiger partial charge on any atom is -0.468 e. The molecule has 1 saturated carbocycles. The van der Waals surface area contributed by atoms with E-state index >= 15 is 0 Å². The van der Waals surface area contributed by atoms with Gasteiger partial charge in [0.1, 0.15) is 5.76 Å². The Kier molecular flexibility index (Phi) is 4.90. The number of ether oxygens (including phenoxy) is 1. The smallest absolute Gasteiger partial charge is 0.117 e. The summed E-state index contributed by atoms with van der Waals surface area (Å²) in [5.41, 5.74) is 0. The number of rotatable bonds is 7. The van der Waals surface area contributed by atoms with Gasteiger partial charge < -0.3 is 14.5 Å². The normalized spacial score (nSPS) is 17.0. The van der Waals surface area contributed by atoms with Crippen LogP contribution in [0.2, 0.25) is 0 Å². The van der Waals surface area contributed by atoms with E-state index in [1.54, 1.807) is 6.26 Å². The Hall–Kier alpha value is -0.800. The van der Waals surface area contributed by atoms with Crippen LogP contribution in [-0.2, 0) is 11.3 Å². The first-order chi connectivity index (χ1) is 7.95. The third kappa shape index (κ3) is 3.99. The molecule has 0 atom stereocenters. The average molecular weight is 223 g/mol. The molecule has 0 aliphatic heterocycles. The molecule has 0 amide bonds. The van der Waals surface area contributed by atoms with Crippen molar-refractivity contribution in [3.05, 3.63) is 24.2 Å². The fourth-order valence-corrected chi connectivity index (χ4v) is 2.13. The molecule has 0 unspecified atom stereocenters. The van der Waals surface area contributed by atoms with Gasteiger partial charge in [-0.05, 0) is 37.9 Å². The first-order valence-corrected chi connectivity index (χ1v) is 6.30. The first-order valence-electron chi connectivity index (χ1n) is 6.30. The van der Waals surface area contributed by atoms with E-state index in [2.05, 4.69) is 5.32 Å². The van der Waals surface area contributed by atoms with Gasteiger partial charge in [0, 0.05) is 6.61 Å². The molecule has 3 heteroatoms. The molecular weight excluding hydrogens is 202 g/mol. The molecule has 1 heterocycles. The quantitative estimate of drug-likeness (QED) is 0.722. The molecule has 16 heavy (non-hydrogen) atoms. The Morgan fingerprint density at radius 3 is 3.00 bits per heavy atom. The van der Waals surface area contributed by atoms with Crippen molar-refractivity contribution < 1.29 is 9.15 Å². The maximum absolute atomic E-state index is 5.78. The molecule has 3 nitrogen and oxygen atoms in total. The van der Waals surface area contributed by atoms with Gasteiger partial charge in [-0.15, -0.1) is 0 Å². The van der Waals surface area contributed by atoms with Crippen molar-refractivity contribution in [2.75, 3.05) is 13.2 Å². The van der Waals surface area contributed by atoms with E-state index in [4.69, 9.17) is 9.15 Å². The molecule has 0 saturated heterocycles. The highest BCUT2D eigenvalue weighted by atomic mass is 16.5. The first kappa shape index (κ1) is 11.7. The summed E-state index contributed by atoms with van der Waals surface area (Å²) in [6, 6.07) is 3.91. The molecule has 1 fully saturated rings. The fourth-order valence-electron chi connectivity index (χ4n) is 2.13. The molecule has 1 aliphatic carbocycles. The number of hydrogen-bond acceptors (Lipinski definition) is 3. The Morgan fingerprint density at radius 2 is 2.25 bits per heavy atom. The molecule has 0 spiro atoms. The number of hydrogen-bond donors (Lipinski definition) is 1. The Labute approximate surface area is 97.2 Å². The monoisotopic (exact) mass is 223 g/mol. The summed E-state index contributed by atoms with van der Waals surface area (Å²) >= 11 is 0. The van der Waals surface area contributed by atoms with Crippen LogP contribution in [-0.4, -0.2) is 19.3 Å². The lowest BCUT2D eigenvalue weighted by Crippen LogP contribution is -2.17. The van der Waals surface area contributed by atoms with Crippen LogP contribution in [0.3, 0.4) is 0 Å². The summed E-state index contributed by atoms with van der Waals surface area (Å²) < 4.78 is 11.0. The van der Waals surface area contributed by atoms with Crippen LogP contribution in [0.15, 0.2) is 22.8 Å². The highest BCUT2D eigenvalue weighted by molar-refractivity contribution is 4.97. The van der Waals surface area contributed by atoms with Gasteiger partial charge in [-0.25, -0.2) is 0 Å². The van der Waals surface area contributed by atoms with Crippen LogP contribution in [0, 0.1) is 0 Å². The molecule has 1 aromatic heterocycles. The lowest BCUT2D eigenvalue weighted by molar-refractivity contribution is 0.0568. The molecule has 0 radical (unpaired) electrons. The predicted octanol–water partition coefficient (Wildman–Crippen LogP) is 2.72. The van der Waals surface area contributed by atoms with Gasteiger partial charge in [-0.2, -0.15) is 0 Å². The van der Waals surface area contributed by atoms with Gasteiger partial charge in [0.25, 0.3) is 0 Å². The third-order valence-electron chi connectivity index (χ3n) is 3.03. The van der Waals surface area contributed by atoms with Gasteiger partial charge >= 0.3 is 0 Å². The summed E-state index contributed by atoms with van der Waals surface area (Å²) in [6.45, 7) is 2.69. The lowest BCUT2D eigenvalue weighted by atomic mass is 10.3. The van der Waals surface area contributed by atoms with Crippen LogP contribution in [0.5, 0.6) is 0 Å². The molecule has 1 N–H and O–H groups in total. The van der Waals surface area contributed by atoms with Crippen molar-refractivity contribution in [1.82, 2.24) is 5.32 Å². The van der Waals surface area contributed by atoms with Crippen molar-refractivity contribution in [2.45, 2.75) is 44.8 Å². The minimum absolute atomic E-state index is 0.546. The summed E-state index contributed by atoms with van der Waals surface area (Å²) in [6.07, 6.45) is 8.56. The Morgan fingerprint density at radius 1 is 1.38 bits per heavy atom. The summed E-state index contributed by atoms with van der Waals surface area (Å²) in [7, 11) is 0. The van der Waals surface area contributed by atoms with E-state index < -0.39 is 0 Å². The molecule has 0 aromatic carbocycles. The topological polar surface area (TPSA) is 34.4 Å². The predicted molar refractivity (Wildman–Crippen MR) is 63.2 cm³/mol. The molecule has 1 aliphatic rings. The van der Waals surface area contributed by atoms with Crippen molar-refractivity contribution in [3.8, 4) is 0 Å². The van der Waals surface area contributed by atoms with E-state index in [1.807, 2.05) is 12.1 Å². The highest BCUT2D eigenvalue weighted by Crippen LogP contribution is 2.20. The van der Waals surface area contributed by atoms with E-state index in [0.29, 0.717) is 6.10 Å². The third-order valence-corrected chi connectivity index (χ3v) is 3.03. The van der Waals surface area contributed by atoms with Gasteiger partial charge in [-0.1, -0.05) is 12.8 Å². The minimum atomic E-state index is 0.546. The maximum atomic E-state index is 5.78. The number of furan rings is 1. The summed E-state index contributed by atoms with van der Waals surface area (Å²) in [5.74, 6) is 0.997.